The zero-order chi connectivity index (χ0) is 42.1. The molecular weight excluding hydrogens is 717 g/mol. The van der Waals surface area contributed by atoms with Gasteiger partial charge < -0.3 is 14.2 Å². The van der Waals surface area contributed by atoms with Gasteiger partial charge in [0.1, 0.15) is 6.61 Å². The Balaban J connectivity index is 4.31. The number of unbranched alkanes of at least 4 members (excludes halogenated alkanes) is 15. The van der Waals surface area contributed by atoms with Gasteiger partial charge in [0.05, 0.1) is 6.61 Å². The Bertz CT molecular complexity index is 1140. The lowest BCUT2D eigenvalue weighted by Gasteiger charge is -2.18. The Kier molecular flexibility index (Phi) is 45.5. The van der Waals surface area contributed by atoms with Crippen molar-refractivity contribution in [1.29, 1.82) is 0 Å². The molecule has 0 aliphatic heterocycles. The van der Waals surface area contributed by atoms with E-state index in [2.05, 4.69) is 118 Å². The van der Waals surface area contributed by atoms with Gasteiger partial charge in [0.25, 0.3) is 0 Å². The highest BCUT2D eigenvalue weighted by molar-refractivity contribution is 5.70. The molecule has 0 aromatic carbocycles. The fourth-order valence-electron chi connectivity index (χ4n) is 6.14. The number of hydrogen-bond acceptors (Lipinski definition) is 5. The minimum atomic E-state index is -0.563. The van der Waals surface area contributed by atoms with Gasteiger partial charge in [-0.1, -0.05) is 189 Å². The van der Waals surface area contributed by atoms with Crippen LogP contribution >= 0.6 is 0 Å². The summed E-state index contributed by atoms with van der Waals surface area (Å²) in [6.07, 6.45) is 64.1. The minimum Gasteiger partial charge on any atom is -0.462 e. The molecule has 330 valence electrons. The number of rotatable bonds is 42. The van der Waals surface area contributed by atoms with Crippen LogP contribution in [-0.4, -0.2) is 37.9 Å². The van der Waals surface area contributed by atoms with Crippen LogP contribution in [0.15, 0.2) is 97.2 Å². The molecule has 1 atom stereocenters. The van der Waals surface area contributed by atoms with E-state index >= 15 is 0 Å². The fraction of sp³-hybridized carbons (Fsp3) is 0.660. The quantitative estimate of drug-likeness (QED) is 0.0349. The first-order chi connectivity index (χ1) is 28.6. The molecule has 0 heterocycles. The molecule has 0 saturated carbocycles. The number of esters is 2. The Labute approximate surface area is 358 Å². The summed E-state index contributed by atoms with van der Waals surface area (Å²) >= 11 is 0. The number of carbonyl (C=O) groups excluding carboxylic acids is 2. The maximum absolute atomic E-state index is 12.7. The van der Waals surface area contributed by atoms with Crippen LogP contribution in [0.2, 0.25) is 0 Å². The molecule has 0 rings (SSSR count). The highest BCUT2D eigenvalue weighted by Gasteiger charge is 2.17. The van der Waals surface area contributed by atoms with Gasteiger partial charge in [-0.2, -0.15) is 0 Å². The van der Waals surface area contributed by atoms with Crippen molar-refractivity contribution >= 4 is 11.9 Å². The van der Waals surface area contributed by atoms with Gasteiger partial charge in [-0.05, 0) is 96.3 Å². The third kappa shape index (κ3) is 45.5. The van der Waals surface area contributed by atoms with Crippen molar-refractivity contribution in [3.05, 3.63) is 97.2 Å². The lowest BCUT2D eigenvalue weighted by atomic mass is 10.1. The van der Waals surface area contributed by atoms with E-state index in [0.29, 0.717) is 19.4 Å². The molecule has 1 unspecified atom stereocenters. The van der Waals surface area contributed by atoms with E-state index in [0.717, 1.165) is 116 Å². The summed E-state index contributed by atoms with van der Waals surface area (Å²) in [5.41, 5.74) is 0. The van der Waals surface area contributed by atoms with Crippen molar-refractivity contribution in [2.75, 3.05) is 19.8 Å². The molecule has 0 spiro atoms. The minimum absolute atomic E-state index is 0.0549. The third-order valence-electron chi connectivity index (χ3n) is 9.62. The predicted molar refractivity (Wildman–Crippen MR) is 251 cm³/mol. The molecule has 0 aromatic heterocycles. The number of allylic oxidation sites excluding steroid dienone is 16. The van der Waals surface area contributed by atoms with Crippen LogP contribution in [0.25, 0.3) is 0 Å². The summed E-state index contributed by atoms with van der Waals surface area (Å²) in [6, 6.07) is 0. The first-order valence-corrected chi connectivity index (χ1v) is 23.8. The maximum atomic E-state index is 12.7. The van der Waals surface area contributed by atoms with E-state index in [1.165, 1.54) is 51.4 Å². The van der Waals surface area contributed by atoms with Crippen molar-refractivity contribution < 1.29 is 23.8 Å². The smallest absolute Gasteiger partial charge is 0.306 e. The summed E-state index contributed by atoms with van der Waals surface area (Å²) in [7, 11) is 0. The lowest BCUT2D eigenvalue weighted by molar-refractivity contribution is -0.163. The van der Waals surface area contributed by atoms with Crippen LogP contribution in [0, 0.1) is 0 Å². The molecule has 0 radical (unpaired) electrons. The first kappa shape index (κ1) is 54.8. The average Bonchev–Trinajstić information content (AvgIpc) is 3.22. The average molecular weight is 805 g/mol. The van der Waals surface area contributed by atoms with Crippen LogP contribution in [0.3, 0.4) is 0 Å². The van der Waals surface area contributed by atoms with Gasteiger partial charge in [0.2, 0.25) is 0 Å². The van der Waals surface area contributed by atoms with Crippen LogP contribution < -0.4 is 0 Å². The summed E-state index contributed by atoms with van der Waals surface area (Å²) in [5, 5.41) is 0. The molecule has 0 aromatic rings. The number of hydrogen-bond donors (Lipinski definition) is 0. The van der Waals surface area contributed by atoms with Crippen molar-refractivity contribution in [2.24, 2.45) is 0 Å². The Morgan fingerprint density at radius 2 is 0.776 bits per heavy atom. The number of carbonyl (C=O) groups is 2. The summed E-state index contributed by atoms with van der Waals surface area (Å²) < 4.78 is 17.3. The van der Waals surface area contributed by atoms with Crippen LogP contribution in [-0.2, 0) is 23.8 Å². The second-order valence-electron chi connectivity index (χ2n) is 15.3. The lowest BCUT2D eigenvalue weighted by Crippen LogP contribution is -2.30. The van der Waals surface area contributed by atoms with Crippen molar-refractivity contribution in [3.8, 4) is 0 Å². The molecule has 58 heavy (non-hydrogen) atoms. The van der Waals surface area contributed by atoms with E-state index in [9.17, 15) is 9.59 Å². The zero-order valence-corrected chi connectivity index (χ0v) is 37.8. The van der Waals surface area contributed by atoms with Gasteiger partial charge >= 0.3 is 11.9 Å². The van der Waals surface area contributed by atoms with Gasteiger partial charge in [0.15, 0.2) is 6.10 Å². The van der Waals surface area contributed by atoms with Crippen molar-refractivity contribution in [2.45, 2.75) is 207 Å². The van der Waals surface area contributed by atoms with Gasteiger partial charge in [-0.25, -0.2) is 0 Å². The van der Waals surface area contributed by atoms with E-state index in [1.54, 1.807) is 0 Å². The fourth-order valence-corrected chi connectivity index (χ4v) is 6.14. The molecular formula is C53H88O5. The molecule has 0 N–H and O–H groups in total. The largest absolute Gasteiger partial charge is 0.462 e. The molecule has 0 amide bonds. The second-order valence-corrected chi connectivity index (χ2v) is 15.3. The van der Waals surface area contributed by atoms with Crippen molar-refractivity contribution in [1.82, 2.24) is 0 Å². The highest BCUT2D eigenvalue weighted by atomic mass is 16.6. The topological polar surface area (TPSA) is 61.8 Å². The predicted octanol–water partition coefficient (Wildman–Crippen LogP) is 15.9. The standard InChI is InChI=1S/C53H88O5/c1-4-7-10-13-16-19-21-23-25-26-27-28-29-30-32-35-37-40-43-46-52(54)57-50-51(58-53(55)47-44-41-38-34-18-15-12-9-6-3)49-56-48-45-42-39-36-33-31-24-22-20-17-14-11-8-5-2/h7-8,10-11,16-17,19-20,23-25,27-28,30-32,51H,4-6,9,12-15,18,21-22,26,29,33-50H2,1-3H3/b10-7-,11-8-,19-16-,20-17-,25-23-,28-27-,31-24-,32-30-. The summed E-state index contributed by atoms with van der Waals surface area (Å²) in [5.74, 6) is -0.455. The Morgan fingerprint density at radius 3 is 1.26 bits per heavy atom. The molecule has 0 aliphatic carbocycles. The Hall–Kier alpha value is -3.18. The molecule has 0 bridgehead atoms. The van der Waals surface area contributed by atoms with Crippen LogP contribution in [0.5, 0.6) is 0 Å². The maximum Gasteiger partial charge on any atom is 0.306 e. The first-order valence-electron chi connectivity index (χ1n) is 23.8. The molecule has 0 saturated heterocycles. The molecule has 5 heteroatoms. The zero-order valence-electron chi connectivity index (χ0n) is 37.8. The second kappa shape index (κ2) is 48.2. The highest BCUT2D eigenvalue weighted by Crippen LogP contribution is 2.12. The summed E-state index contributed by atoms with van der Waals surface area (Å²) in [6.45, 7) is 7.49. The third-order valence-corrected chi connectivity index (χ3v) is 9.62. The van der Waals surface area contributed by atoms with Crippen molar-refractivity contribution in [3.63, 3.8) is 0 Å². The normalized spacial score (nSPS) is 13.1. The van der Waals surface area contributed by atoms with Gasteiger partial charge in [0, 0.05) is 19.4 Å². The molecule has 5 nitrogen and oxygen atoms in total. The number of ether oxygens (including phenoxy) is 3. The SMILES string of the molecule is CC/C=C\C/C=C\C/C=C\C/C=C\C/C=C\CCCCCC(=O)OCC(COCCCCCC/C=C\C/C=C\C/C=C\CC)OC(=O)CCCCCCCCCCC. The molecule has 0 fully saturated rings. The van der Waals surface area contributed by atoms with Gasteiger partial charge in [-0.3, -0.25) is 9.59 Å². The van der Waals surface area contributed by atoms with Crippen LogP contribution in [0.1, 0.15) is 201 Å². The monoisotopic (exact) mass is 805 g/mol. The van der Waals surface area contributed by atoms with E-state index in [-0.39, 0.29) is 25.2 Å². The van der Waals surface area contributed by atoms with Gasteiger partial charge in [-0.15, -0.1) is 0 Å². The summed E-state index contributed by atoms with van der Waals surface area (Å²) in [4.78, 5) is 25.2. The van der Waals surface area contributed by atoms with E-state index in [4.69, 9.17) is 14.2 Å². The van der Waals surface area contributed by atoms with E-state index < -0.39 is 6.10 Å². The molecule has 0 aliphatic rings. The van der Waals surface area contributed by atoms with Crippen LogP contribution in [0.4, 0.5) is 0 Å². The van der Waals surface area contributed by atoms with E-state index in [1.807, 2.05) is 0 Å². The Morgan fingerprint density at radius 1 is 0.397 bits per heavy atom.